The summed E-state index contributed by atoms with van der Waals surface area (Å²) in [6, 6.07) is 4.91. The van der Waals surface area contributed by atoms with Gasteiger partial charge < -0.3 is 15.2 Å². The molecule has 5 heteroatoms. The highest BCUT2D eigenvalue weighted by Crippen LogP contribution is 2.17. The Bertz CT molecular complexity index is 409. The van der Waals surface area contributed by atoms with E-state index in [0.717, 1.165) is 5.56 Å². The zero-order valence-electron chi connectivity index (χ0n) is 10.6. The second-order valence-electron chi connectivity index (χ2n) is 4.12. The van der Waals surface area contributed by atoms with Gasteiger partial charge in [0, 0.05) is 13.7 Å². The Kier molecular flexibility index (Phi) is 6.12. The topological polar surface area (TPSA) is 58.6 Å². The number of aliphatic hydroxyl groups excluding tert-OH is 1. The predicted molar refractivity (Wildman–Crippen MR) is 71.0 cm³/mol. The van der Waals surface area contributed by atoms with E-state index in [1.807, 2.05) is 13.0 Å². The van der Waals surface area contributed by atoms with Gasteiger partial charge in [0.25, 0.3) is 5.91 Å². The summed E-state index contributed by atoms with van der Waals surface area (Å²) in [5, 5.41) is 12.3. The number of rotatable bonds is 6. The Morgan fingerprint density at radius 2 is 2.28 bits per heavy atom. The molecule has 1 atom stereocenters. The highest BCUT2D eigenvalue weighted by atomic mass is 35.5. The van der Waals surface area contributed by atoms with Gasteiger partial charge in [-0.25, -0.2) is 0 Å². The van der Waals surface area contributed by atoms with Crippen LogP contribution in [0.5, 0.6) is 0 Å². The van der Waals surface area contributed by atoms with Crippen LogP contribution in [0.25, 0.3) is 0 Å². The second kappa shape index (κ2) is 7.36. The maximum absolute atomic E-state index is 12.0. The minimum absolute atomic E-state index is 0.126. The molecule has 100 valence electrons. The van der Waals surface area contributed by atoms with E-state index in [9.17, 15) is 4.79 Å². The van der Waals surface area contributed by atoms with Gasteiger partial charge in [-0.15, -0.1) is 0 Å². The van der Waals surface area contributed by atoms with Crippen molar-refractivity contribution in [3.63, 3.8) is 0 Å². The van der Waals surface area contributed by atoms with Crippen LogP contribution in [0.15, 0.2) is 18.2 Å². The van der Waals surface area contributed by atoms with Crippen LogP contribution in [0.1, 0.15) is 22.3 Å². The molecule has 0 saturated heterocycles. The minimum Gasteiger partial charge on any atom is -0.394 e. The number of aliphatic hydroxyl groups is 1. The lowest BCUT2D eigenvalue weighted by atomic mass is 10.1. The lowest BCUT2D eigenvalue weighted by molar-refractivity contribution is 0.0895. The largest absolute Gasteiger partial charge is 0.394 e. The highest BCUT2D eigenvalue weighted by Gasteiger charge is 2.15. The minimum atomic E-state index is -0.324. The lowest BCUT2D eigenvalue weighted by Crippen LogP contribution is -2.38. The average Bonchev–Trinajstić information content (AvgIpc) is 2.34. The maximum Gasteiger partial charge on any atom is 0.253 e. The molecular formula is C13H18ClNO3. The zero-order valence-corrected chi connectivity index (χ0v) is 11.3. The summed E-state index contributed by atoms with van der Waals surface area (Å²) in [4.78, 5) is 12.0. The van der Waals surface area contributed by atoms with Gasteiger partial charge in [-0.1, -0.05) is 17.7 Å². The molecule has 18 heavy (non-hydrogen) atoms. The highest BCUT2D eigenvalue weighted by molar-refractivity contribution is 6.33. The number of aryl methyl sites for hydroxylation is 1. The number of hydrogen-bond acceptors (Lipinski definition) is 3. The molecule has 0 aliphatic heterocycles. The van der Waals surface area contributed by atoms with Gasteiger partial charge in [0.05, 0.1) is 23.2 Å². The van der Waals surface area contributed by atoms with Crippen molar-refractivity contribution in [2.75, 3.05) is 20.3 Å². The molecule has 1 unspecified atom stereocenters. The summed E-state index contributed by atoms with van der Waals surface area (Å²) in [5.41, 5.74) is 1.41. The molecule has 1 aromatic carbocycles. The molecule has 0 aliphatic rings. The van der Waals surface area contributed by atoms with Crippen molar-refractivity contribution in [3.05, 3.63) is 34.3 Å². The Morgan fingerprint density at radius 1 is 1.56 bits per heavy atom. The van der Waals surface area contributed by atoms with Crippen LogP contribution in [0.4, 0.5) is 0 Å². The first-order chi connectivity index (χ1) is 8.58. The molecule has 4 nitrogen and oxygen atoms in total. The molecule has 0 aromatic heterocycles. The molecule has 0 spiro atoms. The van der Waals surface area contributed by atoms with E-state index in [-0.39, 0.29) is 18.6 Å². The lowest BCUT2D eigenvalue weighted by Gasteiger charge is -2.16. The van der Waals surface area contributed by atoms with Crippen LogP contribution >= 0.6 is 11.6 Å². The number of carbonyl (C=O) groups excluding carboxylic acids is 1. The molecule has 0 radical (unpaired) electrons. The van der Waals surface area contributed by atoms with E-state index >= 15 is 0 Å². The van der Waals surface area contributed by atoms with Crippen molar-refractivity contribution in [1.82, 2.24) is 5.32 Å². The first kappa shape index (κ1) is 15.0. The molecule has 0 bridgehead atoms. The molecular weight excluding hydrogens is 254 g/mol. The Hall–Kier alpha value is -1.10. The Balaban J connectivity index is 2.68. The maximum atomic E-state index is 12.0. The molecule has 0 aliphatic carbocycles. The average molecular weight is 272 g/mol. The van der Waals surface area contributed by atoms with Gasteiger partial charge in [-0.3, -0.25) is 4.79 Å². The molecule has 1 aromatic rings. The van der Waals surface area contributed by atoms with Gasteiger partial charge in [0.2, 0.25) is 0 Å². The number of hydrogen-bond donors (Lipinski definition) is 2. The van der Waals surface area contributed by atoms with Crippen LogP contribution in [0.3, 0.4) is 0 Å². The molecule has 0 fully saturated rings. The van der Waals surface area contributed by atoms with Gasteiger partial charge in [0.15, 0.2) is 0 Å². The molecule has 2 N–H and O–H groups in total. The first-order valence-corrected chi connectivity index (χ1v) is 6.13. The quantitative estimate of drug-likeness (QED) is 0.829. The SMILES string of the molecule is COCCC(CO)NC(=O)c1ccc(C)cc1Cl. The Labute approximate surface area is 112 Å². The summed E-state index contributed by atoms with van der Waals surface area (Å²) in [6.45, 7) is 2.26. The molecule has 0 heterocycles. The summed E-state index contributed by atoms with van der Waals surface area (Å²) < 4.78 is 4.91. The fourth-order valence-corrected chi connectivity index (χ4v) is 1.86. The molecule has 1 rings (SSSR count). The number of ether oxygens (including phenoxy) is 1. The summed E-state index contributed by atoms with van der Waals surface area (Å²) >= 11 is 6.01. The van der Waals surface area contributed by atoms with Gasteiger partial charge in [0.1, 0.15) is 0 Å². The van der Waals surface area contributed by atoms with Gasteiger partial charge in [-0.2, -0.15) is 0 Å². The van der Waals surface area contributed by atoms with Crippen LogP contribution in [-0.2, 0) is 4.74 Å². The smallest absolute Gasteiger partial charge is 0.253 e. The van der Waals surface area contributed by atoms with Crippen LogP contribution < -0.4 is 5.32 Å². The van der Waals surface area contributed by atoms with Crippen molar-refractivity contribution >= 4 is 17.5 Å². The zero-order chi connectivity index (χ0) is 13.5. The number of methoxy groups -OCH3 is 1. The summed E-state index contributed by atoms with van der Waals surface area (Å²) in [5.74, 6) is -0.282. The number of nitrogens with one attached hydrogen (secondary N) is 1. The first-order valence-electron chi connectivity index (χ1n) is 5.75. The van der Waals surface area contributed by atoms with E-state index in [4.69, 9.17) is 21.4 Å². The number of benzene rings is 1. The summed E-state index contributed by atoms with van der Waals surface area (Å²) in [7, 11) is 1.58. The molecule has 0 saturated carbocycles. The Morgan fingerprint density at radius 3 is 2.83 bits per heavy atom. The van der Waals surface area contributed by atoms with Crippen LogP contribution in [0, 0.1) is 6.92 Å². The second-order valence-corrected chi connectivity index (χ2v) is 4.52. The molecule has 1 amide bonds. The number of carbonyl (C=O) groups is 1. The predicted octanol–water partition coefficient (Wildman–Crippen LogP) is 1.78. The van der Waals surface area contributed by atoms with Crippen molar-refractivity contribution in [1.29, 1.82) is 0 Å². The van der Waals surface area contributed by atoms with Crippen molar-refractivity contribution in [3.8, 4) is 0 Å². The van der Waals surface area contributed by atoms with E-state index < -0.39 is 0 Å². The van der Waals surface area contributed by atoms with Crippen molar-refractivity contribution in [2.45, 2.75) is 19.4 Å². The number of halogens is 1. The van der Waals surface area contributed by atoms with E-state index in [1.165, 1.54) is 0 Å². The van der Waals surface area contributed by atoms with Crippen LogP contribution in [-0.4, -0.2) is 37.4 Å². The third-order valence-electron chi connectivity index (χ3n) is 2.60. The fourth-order valence-electron chi connectivity index (χ4n) is 1.54. The fraction of sp³-hybridized carbons (Fsp3) is 0.462. The van der Waals surface area contributed by atoms with E-state index in [2.05, 4.69) is 5.32 Å². The normalized spacial score (nSPS) is 12.2. The van der Waals surface area contributed by atoms with E-state index in [1.54, 1.807) is 19.2 Å². The number of amides is 1. The standard InChI is InChI=1S/C13H18ClNO3/c1-9-3-4-11(12(14)7-9)13(17)15-10(8-16)5-6-18-2/h3-4,7,10,16H,5-6,8H2,1-2H3,(H,15,17). The van der Waals surface area contributed by atoms with Crippen molar-refractivity contribution in [2.24, 2.45) is 0 Å². The van der Waals surface area contributed by atoms with Gasteiger partial charge in [-0.05, 0) is 31.0 Å². The van der Waals surface area contributed by atoms with E-state index in [0.29, 0.717) is 23.6 Å². The summed E-state index contributed by atoms with van der Waals surface area (Å²) in [6.07, 6.45) is 0.558. The third-order valence-corrected chi connectivity index (χ3v) is 2.91. The third kappa shape index (κ3) is 4.29. The van der Waals surface area contributed by atoms with Gasteiger partial charge >= 0.3 is 0 Å². The van der Waals surface area contributed by atoms with Crippen LogP contribution in [0.2, 0.25) is 5.02 Å². The van der Waals surface area contributed by atoms with Crippen molar-refractivity contribution < 1.29 is 14.6 Å². The monoisotopic (exact) mass is 271 g/mol.